The van der Waals surface area contributed by atoms with Crippen LogP contribution < -0.4 is 5.32 Å². The molecule has 1 aromatic rings. The number of anilines is 1. The molecular weight excluding hydrogens is 366 g/mol. The number of fused-ring (bicyclic) bond motifs is 2. The Morgan fingerprint density at radius 3 is 2.41 bits per heavy atom. The number of carbonyl (C=O) groups is 3. The first-order chi connectivity index (χ1) is 12.7. The topological polar surface area (TPSA) is 92.7 Å². The Bertz CT molecular complexity index is 769. The number of ether oxygens (including phenoxy) is 1. The number of thiophene rings is 1. The van der Waals surface area contributed by atoms with E-state index in [-0.39, 0.29) is 23.8 Å². The molecule has 2 saturated carbocycles. The molecule has 0 radical (unpaired) electrons. The van der Waals surface area contributed by atoms with Gasteiger partial charge in [0.15, 0.2) is 0 Å². The summed E-state index contributed by atoms with van der Waals surface area (Å²) in [4.78, 5) is 38.3. The Morgan fingerprint density at radius 1 is 1.22 bits per heavy atom. The van der Waals surface area contributed by atoms with Gasteiger partial charge in [-0.15, -0.1) is 11.3 Å². The van der Waals surface area contributed by atoms with Crippen molar-refractivity contribution < 1.29 is 24.2 Å². The molecule has 2 fully saturated rings. The molecule has 148 valence electrons. The molecule has 0 aromatic carbocycles. The summed E-state index contributed by atoms with van der Waals surface area (Å²) in [6.45, 7) is 7.45. The zero-order valence-electron chi connectivity index (χ0n) is 16.2. The van der Waals surface area contributed by atoms with Crippen molar-refractivity contribution in [1.82, 2.24) is 0 Å². The summed E-state index contributed by atoms with van der Waals surface area (Å²) in [5.74, 6) is -2.55. The molecule has 7 heteroatoms. The maximum Gasteiger partial charge on any atom is 0.341 e. The van der Waals surface area contributed by atoms with Gasteiger partial charge in [-0.05, 0) is 63.9 Å². The van der Waals surface area contributed by atoms with Gasteiger partial charge in [-0.2, -0.15) is 0 Å². The van der Waals surface area contributed by atoms with Gasteiger partial charge in [0.2, 0.25) is 5.91 Å². The Hall–Kier alpha value is -1.89. The maximum absolute atomic E-state index is 13.0. The number of aryl methyl sites for hydroxylation is 1. The van der Waals surface area contributed by atoms with Gasteiger partial charge in [0.1, 0.15) is 5.00 Å². The first kappa shape index (κ1) is 19.9. The first-order valence-electron chi connectivity index (χ1n) is 9.61. The van der Waals surface area contributed by atoms with Crippen molar-refractivity contribution in [3.63, 3.8) is 0 Å². The van der Waals surface area contributed by atoms with Crippen LogP contribution in [0.25, 0.3) is 0 Å². The maximum atomic E-state index is 13.0. The smallest absolute Gasteiger partial charge is 0.341 e. The van der Waals surface area contributed by atoms with Gasteiger partial charge in [-0.3, -0.25) is 9.59 Å². The molecule has 2 bridgehead atoms. The minimum atomic E-state index is -0.890. The number of rotatable bonds is 6. The third-order valence-corrected chi connectivity index (χ3v) is 6.91. The molecule has 6 nitrogen and oxygen atoms in total. The Morgan fingerprint density at radius 2 is 1.85 bits per heavy atom. The Kier molecular flexibility index (Phi) is 5.60. The van der Waals surface area contributed by atoms with Gasteiger partial charge in [-0.1, -0.05) is 6.92 Å². The monoisotopic (exact) mass is 393 g/mol. The summed E-state index contributed by atoms with van der Waals surface area (Å²) in [5, 5.41) is 13.0. The fourth-order valence-electron chi connectivity index (χ4n) is 4.80. The largest absolute Gasteiger partial charge is 0.481 e. The second kappa shape index (κ2) is 7.62. The van der Waals surface area contributed by atoms with Gasteiger partial charge in [0.05, 0.1) is 23.5 Å². The highest BCUT2D eigenvalue weighted by atomic mass is 32.1. The molecule has 2 N–H and O–H groups in total. The normalized spacial score (nSPS) is 26.4. The fraction of sp³-hybridized carbons (Fsp3) is 0.650. The highest BCUT2D eigenvalue weighted by Gasteiger charge is 2.54. The van der Waals surface area contributed by atoms with Crippen LogP contribution in [-0.2, 0) is 20.7 Å². The van der Waals surface area contributed by atoms with Crippen molar-refractivity contribution in [3.05, 3.63) is 16.0 Å². The molecule has 3 rings (SSSR count). The number of aliphatic carboxylic acids is 1. The predicted molar refractivity (Wildman–Crippen MR) is 103 cm³/mol. The van der Waals surface area contributed by atoms with E-state index >= 15 is 0 Å². The van der Waals surface area contributed by atoms with E-state index in [1.54, 1.807) is 13.8 Å². The molecule has 1 aromatic heterocycles. The zero-order valence-corrected chi connectivity index (χ0v) is 17.0. The van der Waals surface area contributed by atoms with Crippen LogP contribution in [0.15, 0.2) is 0 Å². The molecule has 0 unspecified atom stereocenters. The minimum Gasteiger partial charge on any atom is -0.481 e. The van der Waals surface area contributed by atoms with E-state index in [1.165, 1.54) is 11.3 Å². The summed E-state index contributed by atoms with van der Waals surface area (Å²) < 4.78 is 5.37. The number of carboxylic acids is 1. The molecule has 0 aliphatic heterocycles. The molecule has 2 aliphatic carbocycles. The van der Waals surface area contributed by atoms with E-state index in [9.17, 15) is 19.5 Å². The lowest BCUT2D eigenvalue weighted by molar-refractivity contribution is -0.148. The molecule has 1 amide bonds. The molecule has 4 atom stereocenters. The molecule has 2 aliphatic rings. The SMILES string of the molecule is CCc1c(C)sc(NC(=O)[C@H]2[C@H]3CC[C@@H](C3)[C@@H]2C(=O)O)c1C(=O)OC(C)C. The number of carbonyl (C=O) groups excluding carboxylic acids is 2. The van der Waals surface area contributed by atoms with Crippen molar-refractivity contribution in [2.75, 3.05) is 5.32 Å². The third kappa shape index (κ3) is 3.61. The zero-order chi connectivity index (χ0) is 19.9. The fourth-order valence-corrected chi connectivity index (χ4v) is 5.94. The molecular formula is C20H27NO5S. The number of hydrogen-bond acceptors (Lipinski definition) is 5. The van der Waals surface area contributed by atoms with Crippen LogP contribution >= 0.6 is 11.3 Å². The van der Waals surface area contributed by atoms with Gasteiger partial charge >= 0.3 is 11.9 Å². The summed E-state index contributed by atoms with van der Waals surface area (Å²) in [6, 6.07) is 0. The van der Waals surface area contributed by atoms with Crippen molar-refractivity contribution in [2.45, 2.75) is 59.5 Å². The van der Waals surface area contributed by atoms with Gasteiger partial charge in [0.25, 0.3) is 0 Å². The lowest BCUT2D eigenvalue weighted by Crippen LogP contribution is -2.38. The number of hydrogen-bond donors (Lipinski definition) is 2. The average Bonchev–Trinajstić information content (AvgIpc) is 3.25. The second-order valence-corrected chi connectivity index (χ2v) is 9.09. The van der Waals surface area contributed by atoms with Crippen LogP contribution in [0.5, 0.6) is 0 Å². The lowest BCUT2D eigenvalue weighted by Gasteiger charge is -2.27. The van der Waals surface area contributed by atoms with Crippen LogP contribution in [0, 0.1) is 30.6 Å². The number of esters is 1. The standard InChI is InChI=1S/C20H27NO5S/c1-5-13-10(4)27-18(16(13)20(25)26-9(2)3)21-17(22)14-11-6-7-12(8-11)15(14)19(23)24/h9,11-12,14-15H,5-8H2,1-4H3,(H,21,22)(H,23,24)/t11-,12-,14-,15-/m0/s1. The number of amides is 1. The van der Waals surface area contributed by atoms with Crippen LogP contribution in [-0.4, -0.2) is 29.1 Å². The minimum absolute atomic E-state index is 0.0879. The van der Waals surface area contributed by atoms with E-state index in [4.69, 9.17) is 4.74 Å². The number of carboxylic acid groups (broad SMARTS) is 1. The highest BCUT2D eigenvalue weighted by Crippen LogP contribution is 2.53. The van der Waals surface area contributed by atoms with Crippen LogP contribution in [0.4, 0.5) is 5.00 Å². The van der Waals surface area contributed by atoms with Gasteiger partial charge in [-0.25, -0.2) is 4.79 Å². The second-order valence-electron chi connectivity index (χ2n) is 7.86. The van der Waals surface area contributed by atoms with E-state index in [1.807, 2.05) is 13.8 Å². The predicted octanol–water partition coefficient (Wildman–Crippen LogP) is 3.87. The summed E-state index contributed by atoms with van der Waals surface area (Å²) in [7, 11) is 0. The summed E-state index contributed by atoms with van der Waals surface area (Å²) >= 11 is 1.36. The van der Waals surface area contributed by atoms with E-state index < -0.39 is 23.8 Å². The van der Waals surface area contributed by atoms with E-state index in [0.29, 0.717) is 17.0 Å². The highest BCUT2D eigenvalue weighted by molar-refractivity contribution is 7.16. The summed E-state index contributed by atoms with van der Waals surface area (Å²) in [5.41, 5.74) is 1.29. The average molecular weight is 394 g/mol. The molecule has 0 spiro atoms. The lowest BCUT2D eigenvalue weighted by atomic mass is 9.79. The van der Waals surface area contributed by atoms with Crippen LogP contribution in [0.2, 0.25) is 0 Å². The van der Waals surface area contributed by atoms with Crippen molar-refractivity contribution in [3.8, 4) is 0 Å². The third-order valence-electron chi connectivity index (χ3n) is 5.85. The summed E-state index contributed by atoms with van der Waals surface area (Å²) in [6.07, 6.45) is 2.99. The Labute approximate surface area is 163 Å². The molecule has 0 saturated heterocycles. The van der Waals surface area contributed by atoms with Crippen LogP contribution in [0.3, 0.4) is 0 Å². The molecule has 1 heterocycles. The van der Waals surface area contributed by atoms with Crippen LogP contribution in [0.1, 0.15) is 60.8 Å². The number of nitrogens with one attached hydrogen (secondary N) is 1. The van der Waals surface area contributed by atoms with Gasteiger partial charge in [0, 0.05) is 4.88 Å². The van der Waals surface area contributed by atoms with Crippen molar-refractivity contribution in [2.24, 2.45) is 23.7 Å². The van der Waals surface area contributed by atoms with Gasteiger partial charge < -0.3 is 15.2 Å². The van der Waals surface area contributed by atoms with E-state index in [2.05, 4.69) is 5.32 Å². The molecule has 27 heavy (non-hydrogen) atoms. The quantitative estimate of drug-likeness (QED) is 0.716. The van der Waals surface area contributed by atoms with E-state index in [0.717, 1.165) is 29.7 Å². The first-order valence-corrected chi connectivity index (χ1v) is 10.4. The van der Waals surface area contributed by atoms with Crippen molar-refractivity contribution >= 4 is 34.2 Å². The van der Waals surface area contributed by atoms with Crippen molar-refractivity contribution in [1.29, 1.82) is 0 Å². The Balaban J connectivity index is 1.88.